The van der Waals surface area contributed by atoms with Crippen LogP contribution in [0.3, 0.4) is 0 Å². The highest BCUT2D eigenvalue weighted by Crippen LogP contribution is 2.26. The predicted octanol–water partition coefficient (Wildman–Crippen LogP) is 5.38. The van der Waals surface area contributed by atoms with Gasteiger partial charge in [-0.3, -0.25) is 0 Å². The molecule has 0 bridgehead atoms. The van der Waals surface area contributed by atoms with Gasteiger partial charge in [-0.25, -0.2) is 14.6 Å². The molecule has 0 aliphatic carbocycles. The summed E-state index contributed by atoms with van der Waals surface area (Å²) in [5.41, 5.74) is 5.79. The third-order valence-corrected chi connectivity index (χ3v) is 4.65. The van der Waals surface area contributed by atoms with E-state index in [1.165, 1.54) is 0 Å². The Morgan fingerprint density at radius 2 is 1.38 bits per heavy atom. The molecule has 0 saturated carbocycles. The second-order valence-corrected chi connectivity index (χ2v) is 7.07. The second kappa shape index (κ2) is 6.84. The van der Waals surface area contributed by atoms with Crippen LogP contribution < -0.4 is 0 Å². The first-order valence-corrected chi connectivity index (χ1v) is 9.13. The second-order valence-electron chi connectivity index (χ2n) is 6.15. The lowest BCUT2D eigenvalue weighted by molar-refractivity contribution is 0.776. The highest BCUT2D eigenvalue weighted by atomic mass is 79.9. The molecule has 4 rings (SSSR count). The molecule has 0 amide bonds. The summed E-state index contributed by atoms with van der Waals surface area (Å²) in [7, 11) is 0. The minimum Gasteiger partial charge on any atom is -0.211 e. The molecule has 0 aliphatic rings. The zero-order valence-corrected chi connectivity index (χ0v) is 16.1. The van der Waals surface area contributed by atoms with Crippen LogP contribution in [0.4, 0.5) is 0 Å². The number of aryl methyl sites for hydroxylation is 2. The standard InChI is InChI=1S/C21H17BrN4/c1-14-12-15(2)26(25-14)21-23-19(16-6-4-3-5-7-16)13-20(24-21)17-8-10-18(22)11-9-17/h3-13H,1-2H3. The Hall–Kier alpha value is -2.79. The van der Waals surface area contributed by atoms with Crippen LogP contribution in [0.1, 0.15) is 11.4 Å². The van der Waals surface area contributed by atoms with Crippen LogP contribution in [0.25, 0.3) is 28.5 Å². The van der Waals surface area contributed by atoms with Gasteiger partial charge in [-0.15, -0.1) is 0 Å². The third-order valence-electron chi connectivity index (χ3n) is 4.12. The van der Waals surface area contributed by atoms with Gasteiger partial charge in [0.1, 0.15) is 0 Å². The first-order chi connectivity index (χ1) is 12.6. The zero-order valence-electron chi connectivity index (χ0n) is 14.5. The summed E-state index contributed by atoms with van der Waals surface area (Å²) in [5.74, 6) is 0.579. The molecule has 0 saturated heterocycles. The smallest absolute Gasteiger partial charge is 0.211 e. The van der Waals surface area contributed by atoms with Crippen molar-refractivity contribution < 1.29 is 0 Å². The molecule has 0 atom stereocenters. The number of nitrogens with zero attached hydrogens (tertiary/aromatic N) is 4. The van der Waals surface area contributed by atoms with E-state index in [2.05, 4.69) is 33.2 Å². The minimum absolute atomic E-state index is 0.579. The highest BCUT2D eigenvalue weighted by Gasteiger charge is 2.12. The maximum Gasteiger partial charge on any atom is 0.251 e. The van der Waals surface area contributed by atoms with E-state index in [-0.39, 0.29) is 0 Å². The predicted molar refractivity (Wildman–Crippen MR) is 107 cm³/mol. The largest absolute Gasteiger partial charge is 0.251 e. The van der Waals surface area contributed by atoms with Gasteiger partial charge in [0.25, 0.3) is 5.95 Å². The van der Waals surface area contributed by atoms with Crippen molar-refractivity contribution in [2.45, 2.75) is 13.8 Å². The van der Waals surface area contributed by atoms with Crippen molar-refractivity contribution in [1.82, 2.24) is 19.7 Å². The molecule has 0 spiro atoms. The zero-order chi connectivity index (χ0) is 18.1. The van der Waals surface area contributed by atoms with E-state index in [4.69, 9.17) is 9.97 Å². The van der Waals surface area contributed by atoms with E-state index in [1.54, 1.807) is 4.68 Å². The van der Waals surface area contributed by atoms with Gasteiger partial charge < -0.3 is 0 Å². The fourth-order valence-corrected chi connectivity index (χ4v) is 3.15. The van der Waals surface area contributed by atoms with Crippen molar-refractivity contribution in [3.8, 4) is 28.5 Å². The number of hydrogen-bond donors (Lipinski definition) is 0. The Labute approximate surface area is 160 Å². The molecule has 128 valence electrons. The van der Waals surface area contributed by atoms with Gasteiger partial charge in [-0.05, 0) is 38.1 Å². The van der Waals surface area contributed by atoms with Crippen molar-refractivity contribution in [2.24, 2.45) is 0 Å². The van der Waals surface area contributed by atoms with Crippen molar-refractivity contribution >= 4 is 15.9 Å². The Morgan fingerprint density at radius 1 is 0.769 bits per heavy atom. The van der Waals surface area contributed by atoms with Gasteiger partial charge in [0.15, 0.2) is 0 Å². The average Bonchev–Trinajstić information content (AvgIpc) is 3.01. The molecule has 0 unspecified atom stereocenters. The van der Waals surface area contributed by atoms with Crippen LogP contribution in [0.2, 0.25) is 0 Å². The molecular weight excluding hydrogens is 388 g/mol. The summed E-state index contributed by atoms with van der Waals surface area (Å²) in [6.07, 6.45) is 0. The van der Waals surface area contributed by atoms with Crippen LogP contribution in [-0.2, 0) is 0 Å². The molecule has 4 nitrogen and oxygen atoms in total. The van der Waals surface area contributed by atoms with Gasteiger partial charge in [0.05, 0.1) is 17.1 Å². The molecule has 0 fully saturated rings. The third kappa shape index (κ3) is 3.30. The average molecular weight is 405 g/mol. The van der Waals surface area contributed by atoms with E-state index in [9.17, 15) is 0 Å². The number of aromatic nitrogens is 4. The van der Waals surface area contributed by atoms with Gasteiger partial charge in [0.2, 0.25) is 0 Å². The Morgan fingerprint density at radius 3 is 1.96 bits per heavy atom. The minimum atomic E-state index is 0.579. The summed E-state index contributed by atoms with van der Waals surface area (Å²) in [6, 6.07) is 22.3. The van der Waals surface area contributed by atoms with Gasteiger partial charge in [-0.2, -0.15) is 5.10 Å². The highest BCUT2D eigenvalue weighted by molar-refractivity contribution is 9.10. The number of halogens is 1. The fourth-order valence-electron chi connectivity index (χ4n) is 2.89. The summed E-state index contributed by atoms with van der Waals surface area (Å²) >= 11 is 3.49. The van der Waals surface area contributed by atoms with E-state index in [0.29, 0.717) is 5.95 Å². The van der Waals surface area contributed by atoms with Crippen molar-refractivity contribution in [3.63, 3.8) is 0 Å². The van der Waals surface area contributed by atoms with E-state index in [0.717, 1.165) is 38.4 Å². The van der Waals surface area contributed by atoms with Gasteiger partial charge >= 0.3 is 0 Å². The van der Waals surface area contributed by atoms with E-state index < -0.39 is 0 Å². The molecule has 26 heavy (non-hydrogen) atoms. The normalized spacial score (nSPS) is 10.9. The van der Waals surface area contributed by atoms with Crippen molar-refractivity contribution in [3.05, 3.63) is 82.6 Å². The lowest BCUT2D eigenvalue weighted by atomic mass is 10.1. The fraction of sp³-hybridized carbons (Fsp3) is 0.0952. The summed E-state index contributed by atoms with van der Waals surface area (Å²) < 4.78 is 2.83. The molecule has 2 heterocycles. The Balaban J connectivity index is 1.92. The Bertz CT molecular complexity index is 1050. The summed E-state index contributed by atoms with van der Waals surface area (Å²) in [4.78, 5) is 9.55. The SMILES string of the molecule is Cc1cc(C)n(-c2nc(-c3ccccc3)cc(-c3ccc(Br)cc3)n2)n1. The Kier molecular flexibility index (Phi) is 4.39. The molecule has 4 aromatic rings. The van der Waals surface area contributed by atoms with Crippen LogP contribution in [0.5, 0.6) is 0 Å². The van der Waals surface area contributed by atoms with Crippen LogP contribution in [0, 0.1) is 13.8 Å². The maximum atomic E-state index is 4.78. The van der Waals surface area contributed by atoms with Gasteiger partial charge in [-0.1, -0.05) is 58.4 Å². The molecule has 0 radical (unpaired) electrons. The topological polar surface area (TPSA) is 43.6 Å². The van der Waals surface area contributed by atoms with E-state index >= 15 is 0 Å². The molecule has 0 aliphatic heterocycles. The molecule has 2 aromatic heterocycles. The van der Waals surface area contributed by atoms with Crippen molar-refractivity contribution in [1.29, 1.82) is 0 Å². The first kappa shape index (κ1) is 16.7. The van der Waals surface area contributed by atoms with Crippen LogP contribution in [0.15, 0.2) is 71.2 Å². The summed E-state index contributed by atoms with van der Waals surface area (Å²) in [5, 5.41) is 4.55. The number of benzene rings is 2. The van der Waals surface area contributed by atoms with Crippen LogP contribution >= 0.6 is 15.9 Å². The quantitative estimate of drug-likeness (QED) is 0.460. The first-order valence-electron chi connectivity index (χ1n) is 8.34. The summed E-state index contributed by atoms with van der Waals surface area (Å²) in [6.45, 7) is 3.98. The number of rotatable bonds is 3. The van der Waals surface area contributed by atoms with Crippen molar-refractivity contribution in [2.75, 3.05) is 0 Å². The van der Waals surface area contributed by atoms with Crippen LogP contribution in [-0.4, -0.2) is 19.7 Å². The lowest BCUT2D eigenvalue weighted by Crippen LogP contribution is -2.07. The maximum absolute atomic E-state index is 4.78. The number of hydrogen-bond acceptors (Lipinski definition) is 3. The van der Waals surface area contributed by atoms with E-state index in [1.807, 2.05) is 68.4 Å². The molecule has 5 heteroatoms. The van der Waals surface area contributed by atoms with Gasteiger partial charge in [0, 0.05) is 21.3 Å². The monoisotopic (exact) mass is 404 g/mol. The lowest BCUT2D eigenvalue weighted by Gasteiger charge is -2.10. The molecule has 0 N–H and O–H groups in total. The molecule has 2 aromatic carbocycles. The molecular formula is C21H17BrN4.